The third kappa shape index (κ3) is 3.20. The molecule has 29 heavy (non-hydrogen) atoms. The first-order valence-electron chi connectivity index (χ1n) is 9.42. The van der Waals surface area contributed by atoms with E-state index in [1.54, 1.807) is 0 Å². The Morgan fingerprint density at radius 1 is 1.10 bits per heavy atom. The third-order valence-electron chi connectivity index (χ3n) is 4.93. The summed E-state index contributed by atoms with van der Waals surface area (Å²) in [5.74, 6) is 1.81. The highest BCUT2D eigenvalue weighted by molar-refractivity contribution is 6.00. The van der Waals surface area contributed by atoms with Gasteiger partial charge >= 0.3 is 0 Å². The second kappa shape index (κ2) is 7.01. The number of nitrogens with one attached hydrogen (secondary N) is 2. The molecule has 0 fully saturated rings. The van der Waals surface area contributed by atoms with Crippen LogP contribution >= 0.6 is 0 Å². The van der Waals surface area contributed by atoms with Crippen LogP contribution in [0.15, 0.2) is 59.1 Å². The maximum absolute atomic E-state index is 12.9. The van der Waals surface area contributed by atoms with E-state index in [0.29, 0.717) is 41.7 Å². The molecule has 5 rings (SSSR count). The summed E-state index contributed by atoms with van der Waals surface area (Å²) in [6.07, 6.45) is 1.52. The van der Waals surface area contributed by atoms with E-state index >= 15 is 0 Å². The van der Waals surface area contributed by atoms with Gasteiger partial charge in [0.2, 0.25) is 0 Å². The van der Waals surface area contributed by atoms with Gasteiger partial charge in [-0.25, -0.2) is 0 Å². The number of hydrogen-bond acceptors (Lipinski definition) is 5. The van der Waals surface area contributed by atoms with E-state index in [1.165, 1.54) is 6.20 Å². The molecule has 0 saturated heterocycles. The minimum Gasteiger partial charge on any atom is -0.486 e. The van der Waals surface area contributed by atoms with Gasteiger partial charge in [0.15, 0.2) is 11.5 Å². The average Bonchev–Trinajstić information content (AvgIpc) is 3.40. The topological polar surface area (TPSA) is 89.4 Å². The van der Waals surface area contributed by atoms with Crippen molar-refractivity contribution in [2.24, 2.45) is 0 Å². The number of nitrogens with zero attached hydrogens (tertiary/aromatic N) is 1. The molecule has 1 unspecified atom stereocenters. The van der Waals surface area contributed by atoms with E-state index in [4.69, 9.17) is 13.9 Å². The fourth-order valence-electron chi connectivity index (χ4n) is 3.44. The van der Waals surface area contributed by atoms with Crippen molar-refractivity contribution >= 4 is 16.9 Å². The van der Waals surface area contributed by atoms with E-state index in [2.05, 4.69) is 15.5 Å². The van der Waals surface area contributed by atoms with Gasteiger partial charge in [-0.2, -0.15) is 5.10 Å². The molecule has 1 aliphatic heterocycles. The molecule has 146 valence electrons. The number of aromatic amines is 1. The minimum atomic E-state index is -0.294. The molecule has 2 aromatic heterocycles. The molecule has 0 spiro atoms. The average molecular weight is 389 g/mol. The number of aromatic nitrogens is 2. The Morgan fingerprint density at radius 2 is 1.93 bits per heavy atom. The first-order chi connectivity index (χ1) is 14.2. The minimum absolute atomic E-state index is 0.239. The zero-order valence-corrected chi connectivity index (χ0v) is 15.8. The van der Waals surface area contributed by atoms with Crippen LogP contribution in [0.2, 0.25) is 0 Å². The Bertz CT molecular complexity index is 1160. The molecular formula is C22H19N3O4. The van der Waals surface area contributed by atoms with Crippen LogP contribution in [-0.4, -0.2) is 29.3 Å². The summed E-state index contributed by atoms with van der Waals surface area (Å²) in [5.41, 5.74) is 2.66. The third-order valence-corrected chi connectivity index (χ3v) is 4.93. The fourth-order valence-corrected chi connectivity index (χ4v) is 3.44. The number of hydrogen-bond donors (Lipinski definition) is 2. The van der Waals surface area contributed by atoms with Crippen LogP contribution in [0, 0.1) is 0 Å². The van der Waals surface area contributed by atoms with Crippen LogP contribution in [0.3, 0.4) is 0 Å². The van der Waals surface area contributed by atoms with Crippen LogP contribution in [0.4, 0.5) is 0 Å². The molecule has 0 aliphatic carbocycles. The van der Waals surface area contributed by atoms with Gasteiger partial charge in [-0.15, -0.1) is 0 Å². The van der Waals surface area contributed by atoms with Gasteiger partial charge in [0.05, 0.1) is 23.5 Å². The Morgan fingerprint density at radius 3 is 2.79 bits per heavy atom. The lowest BCUT2D eigenvalue weighted by molar-refractivity contribution is 0.0936. The van der Waals surface area contributed by atoms with Crippen molar-refractivity contribution in [3.05, 3.63) is 66.1 Å². The molecule has 0 radical (unpaired) electrons. The van der Waals surface area contributed by atoms with Crippen LogP contribution in [0.5, 0.6) is 11.5 Å². The first kappa shape index (κ1) is 17.4. The summed E-state index contributed by atoms with van der Waals surface area (Å²) < 4.78 is 17.1. The Labute approximate surface area is 166 Å². The Balaban J connectivity index is 1.39. The van der Waals surface area contributed by atoms with Crippen molar-refractivity contribution < 1.29 is 18.7 Å². The fraction of sp³-hybridized carbons (Fsp3) is 0.182. The maximum Gasteiger partial charge on any atom is 0.255 e. The summed E-state index contributed by atoms with van der Waals surface area (Å²) >= 11 is 0. The molecule has 4 aromatic rings. The van der Waals surface area contributed by atoms with E-state index in [-0.39, 0.29) is 11.9 Å². The van der Waals surface area contributed by atoms with E-state index in [0.717, 1.165) is 16.5 Å². The van der Waals surface area contributed by atoms with Crippen LogP contribution < -0.4 is 14.8 Å². The van der Waals surface area contributed by atoms with Crippen LogP contribution in [0.1, 0.15) is 29.1 Å². The van der Waals surface area contributed by atoms with Gasteiger partial charge in [0.25, 0.3) is 5.91 Å². The van der Waals surface area contributed by atoms with Gasteiger partial charge < -0.3 is 19.2 Å². The number of ether oxygens (including phenoxy) is 2. The van der Waals surface area contributed by atoms with E-state index < -0.39 is 0 Å². The predicted octanol–water partition coefficient (Wildman–Crippen LogP) is 4.09. The second-order valence-electron chi connectivity index (χ2n) is 6.90. The van der Waals surface area contributed by atoms with Gasteiger partial charge in [0, 0.05) is 10.9 Å². The number of H-pyrrole nitrogens is 1. The molecule has 1 aliphatic rings. The predicted molar refractivity (Wildman–Crippen MR) is 107 cm³/mol. The highest BCUT2D eigenvalue weighted by Crippen LogP contribution is 2.35. The lowest BCUT2D eigenvalue weighted by atomic mass is 10.1. The van der Waals surface area contributed by atoms with E-state index in [1.807, 2.05) is 55.5 Å². The molecule has 2 N–H and O–H groups in total. The molecule has 3 heterocycles. The number of rotatable bonds is 4. The standard InChI is InChI=1S/C22H19N3O4/c1-13(19-10-14-4-2-3-5-17(14)29-19)24-22(26)16-12-23-25-21(16)15-6-7-18-20(11-15)28-9-8-27-18/h2-7,10-13H,8-9H2,1H3,(H,23,25)(H,24,26). The van der Waals surface area contributed by atoms with Gasteiger partial charge in [-0.05, 0) is 37.3 Å². The number of furan rings is 1. The second-order valence-corrected chi connectivity index (χ2v) is 6.90. The van der Waals surface area contributed by atoms with Gasteiger partial charge in [0.1, 0.15) is 24.6 Å². The normalized spacial score (nSPS) is 14.0. The molecule has 1 amide bonds. The molecule has 7 heteroatoms. The molecule has 1 atom stereocenters. The zero-order valence-electron chi connectivity index (χ0n) is 15.8. The number of benzene rings is 2. The number of para-hydroxylation sites is 1. The molecule has 2 aromatic carbocycles. The zero-order chi connectivity index (χ0) is 19.8. The molecule has 7 nitrogen and oxygen atoms in total. The summed E-state index contributed by atoms with van der Waals surface area (Å²) in [6, 6.07) is 15.0. The summed E-state index contributed by atoms with van der Waals surface area (Å²) in [7, 11) is 0. The van der Waals surface area contributed by atoms with Crippen molar-refractivity contribution in [1.82, 2.24) is 15.5 Å². The smallest absolute Gasteiger partial charge is 0.255 e. The van der Waals surface area contributed by atoms with Crippen LogP contribution in [0.25, 0.3) is 22.2 Å². The van der Waals surface area contributed by atoms with Crippen molar-refractivity contribution in [3.63, 3.8) is 0 Å². The summed E-state index contributed by atoms with van der Waals surface area (Å²) in [4.78, 5) is 12.9. The maximum atomic E-state index is 12.9. The molecule has 0 saturated carbocycles. The lowest BCUT2D eigenvalue weighted by Crippen LogP contribution is -2.26. The molecule has 0 bridgehead atoms. The van der Waals surface area contributed by atoms with Crippen molar-refractivity contribution in [2.75, 3.05) is 13.2 Å². The summed E-state index contributed by atoms with van der Waals surface area (Å²) in [5, 5.41) is 11.0. The SMILES string of the molecule is CC(NC(=O)c1cn[nH]c1-c1ccc2c(c1)OCCO2)c1cc2ccccc2o1. The van der Waals surface area contributed by atoms with Crippen LogP contribution in [-0.2, 0) is 0 Å². The monoisotopic (exact) mass is 389 g/mol. The van der Waals surface area contributed by atoms with Crippen molar-refractivity contribution in [3.8, 4) is 22.8 Å². The highest BCUT2D eigenvalue weighted by atomic mass is 16.6. The Kier molecular flexibility index (Phi) is 4.20. The largest absolute Gasteiger partial charge is 0.486 e. The van der Waals surface area contributed by atoms with E-state index in [9.17, 15) is 4.79 Å². The Hall–Kier alpha value is -3.74. The molecular weight excluding hydrogens is 370 g/mol. The van der Waals surface area contributed by atoms with Gasteiger partial charge in [-0.3, -0.25) is 9.89 Å². The quantitative estimate of drug-likeness (QED) is 0.549. The number of fused-ring (bicyclic) bond motifs is 2. The summed E-state index contributed by atoms with van der Waals surface area (Å²) in [6.45, 7) is 2.92. The van der Waals surface area contributed by atoms with Crippen molar-refractivity contribution in [1.29, 1.82) is 0 Å². The number of carbonyl (C=O) groups excluding carboxylic acids is 1. The number of amides is 1. The van der Waals surface area contributed by atoms with Gasteiger partial charge in [-0.1, -0.05) is 18.2 Å². The highest BCUT2D eigenvalue weighted by Gasteiger charge is 2.21. The lowest BCUT2D eigenvalue weighted by Gasteiger charge is -2.19. The first-order valence-corrected chi connectivity index (χ1v) is 9.42. The number of carbonyl (C=O) groups is 1. The van der Waals surface area contributed by atoms with Crippen molar-refractivity contribution in [2.45, 2.75) is 13.0 Å².